The second-order valence-corrected chi connectivity index (χ2v) is 2.51. The van der Waals surface area contributed by atoms with E-state index in [1.807, 2.05) is 22.6 Å². The fourth-order valence-corrected chi connectivity index (χ4v) is 0.503. The number of carboxylic acids is 1. The van der Waals surface area contributed by atoms with Crippen molar-refractivity contribution in [2.24, 2.45) is 0 Å². The summed E-state index contributed by atoms with van der Waals surface area (Å²) in [5, 5.41) is 9.40. The van der Waals surface area contributed by atoms with Gasteiger partial charge in [-0.05, 0) is 0 Å². The molecule has 13 heteroatoms. The first-order valence-corrected chi connectivity index (χ1v) is 4.90. The fraction of sp³-hybridized carbons (Fsp3) is 0.667. The van der Waals surface area contributed by atoms with Gasteiger partial charge in [0.1, 0.15) is 5.97 Å². The Morgan fingerprint density at radius 3 is 1.26 bits per heavy atom. The summed E-state index contributed by atoms with van der Waals surface area (Å²) in [7, 11) is 0. The zero-order valence-corrected chi connectivity index (χ0v) is 13.6. The first kappa shape index (κ1) is 24.2. The summed E-state index contributed by atoms with van der Waals surface area (Å²) in [5.74, 6) is -25.1. The van der Waals surface area contributed by atoms with E-state index in [4.69, 9.17) is 0 Å². The molecule has 0 aliphatic carbocycles. The van der Waals surface area contributed by atoms with Crippen molar-refractivity contribution in [1.29, 1.82) is 0 Å². The SMILES string of the molecule is O=C([O-])C(F)(F)C(F)(F)C(F)(F)C(F)(F)F.[CH2]I.[Zn]. The summed E-state index contributed by atoms with van der Waals surface area (Å²) in [5.41, 5.74) is 0. The molecule has 0 aliphatic heterocycles. The molecule has 2 nitrogen and oxygen atoms in total. The maximum Gasteiger partial charge on any atom is 0.460 e. The van der Waals surface area contributed by atoms with Crippen molar-refractivity contribution < 1.29 is 68.9 Å². The van der Waals surface area contributed by atoms with E-state index in [2.05, 4.69) is 4.93 Å². The summed E-state index contributed by atoms with van der Waals surface area (Å²) >= 11 is 1.90. The molecule has 0 heterocycles. The molecule has 0 unspecified atom stereocenters. The van der Waals surface area contributed by atoms with Crippen LogP contribution in [0, 0.1) is 4.93 Å². The van der Waals surface area contributed by atoms with Crippen LogP contribution in [0.3, 0.4) is 0 Å². The van der Waals surface area contributed by atoms with Crippen LogP contribution in [0.2, 0.25) is 0 Å². The predicted molar refractivity (Wildman–Crippen MR) is 45.3 cm³/mol. The van der Waals surface area contributed by atoms with Gasteiger partial charge in [-0.2, -0.15) is 39.5 Å². The van der Waals surface area contributed by atoms with E-state index in [9.17, 15) is 49.4 Å². The number of alkyl halides is 9. The Morgan fingerprint density at radius 1 is 0.842 bits per heavy atom. The molecule has 111 valence electrons. The van der Waals surface area contributed by atoms with Gasteiger partial charge in [-0.15, -0.1) is 0 Å². The average molecular weight is 469 g/mol. The molecule has 0 fully saturated rings. The molecule has 0 atom stereocenters. The zero-order chi connectivity index (χ0) is 15.6. The molecule has 0 amide bonds. The van der Waals surface area contributed by atoms with Gasteiger partial charge in [-0.25, -0.2) is 0 Å². The molecule has 0 N–H and O–H groups in total. The molecule has 0 saturated carbocycles. The van der Waals surface area contributed by atoms with Gasteiger partial charge in [0.2, 0.25) is 0 Å². The summed E-state index contributed by atoms with van der Waals surface area (Å²) in [4.78, 5) is 12.6. The summed E-state index contributed by atoms with van der Waals surface area (Å²) < 4.78 is 106. The number of carbonyl (C=O) groups is 1. The van der Waals surface area contributed by atoms with Crippen molar-refractivity contribution in [2.45, 2.75) is 23.9 Å². The maximum atomic E-state index is 12.1. The molecule has 0 aromatic heterocycles. The van der Waals surface area contributed by atoms with Crippen LogP contribution in [0.5, 0.6) is 0 Å². The molecule has 0 aromatic carbocycles. The number of aliphatic carboxylic acids is 1. The Bertz CT molecular complexity index is 304. The standard InChI is InChI=1S/C5HF9O2.CH2I.Zn/c6-2(7,1(15)16)3(8,9)4(10,11)5(12,13)14;1-2;/h(H,15,16);1H2;/p-1. The monoisotopic (exact) mass is 468 g/mol. The van der Waals surface area contributed by atoms with Crippen LogP contribution in [-0.4, -0.2) is 29.9 Å². The molecule has 19 heavy (non-hydrogen) atoms. The Balaban J connectivity index is -0.000000809. The van der Waals surface area contributed by atoms with Crippen LogP contribution in [0.25, 0.3) is 0 Å². The largest absolute Gasteiger partial charge is 0.544 e. The number of hydrogen-bond donors (Lipinski definition) is 0. The number of rotatable bonds is 3. The zero-order valence-electron chi connectivity index (χ0n) is 8.51. The molecule has 0 spiro atoms. The molecular formula is C6H2F9IO2Zn-. The Kier molecular flexibility index (Phi) is 9.27. The molecule has 0 rings (SSSR count). The summed E-state index contributed by atoms with van der Waals surface area (Å²) in [6.45, 7) is 0. The second-order valence-electron chi connectivity index (χ2n) is 2.51. The van der Waals surface area contributed by atoms with E-state index >= 15 is 0 Å². The Morgan fingerprint density at radius 2 is 1.11 bits per heavy atom. The molecule has 0 aromatic rings. The van der Waals surface area contributed by atoms with Crippen molar-refractivity contribution >= 4 is 28.6 Å². The predicted octanol–water partition coefficient (Wildman–Crippen LogP) is 2.41. The minimum absolute atomic E-state index is 0. The van der Waals surface area contributed by atoms with Gasteiger partial charge in [0.05, 0.1) is 0 Å². The third-order valence-electron chi connectivity index (χ3n) is 1.40. The van der Waals surface area contributed by atoms with E-state index in [-0.39, 0.29) is 19.5 Å². The number of halogens is 10. The summed E-state index contributed by atoms with van der Waals surface area (Å²) in [6, 6.07) is 0. The van der Waals surface area contributed by atoms with E-state index in [0.29, 0.717) is 0 Å². The van der Waals surface area contributed by atoms with Crippen molar-refractivity contribution in [3.8, 4) is 0 Å². The van der Waals surface area contributed by atoms with Gasteiger partial charge >= 0.3 is 23.9 Å². The van der Waals surface area contributed by atoms with Crippen molar-refractivity contribution in [3.63, 3.8) is 0 Å². The van der Waals surface area contributed by atoms with E-state index in [0.717, 1.165) is 0 Å². The van der Waals surface area contributed by atoms with E-state index < -0.39 is 29.9 Å². The third-order valence-corrected chi connectivity index (χ3v) is 1.40. The first-order chi connectivity index (χ1) is 7.69. The summed E-state index contributed by atoms with van der Waals surface area (Å²) in [6.07, 6.45) is -7.03. The van der Waals surface area contributed by atoms with Gasteiger partial charge in [0, 0.05) is 24.4 Å². The molecule has 0 aliphatic rings. The number of hydrogen-bond acceptors (Lipinski definition) is 2. The van der Waals surface area contributed by atoms with Crippen LogP contribution in [0.1, 0.15) is 0 Å². The van der Waals surface area contributed by atoms with Crippen LogP contribution in [-0.2, 0) is 24.3 Å². The van der Waals surface area contributed by atoms with Crippen molar-refractivity contribution in [1.82, 2.24) is 0 Å². The smallest absolute Gasteiger partial charge is 0.460 e. The van der Waals surface area contributed by atoms with Crippen molar-refractivity contribution in [3.05, 3.63) is 4.93 Å². The van der Waals surface area contributed by atoms with Crippen molar-refractivity contribution in [2.75, 3.05) is 0 Å². The Hall–Kier alpha value is 0.193. The molecule has 0 bridgehead atoms. The van der Waals surface area contributed by atoms with Crippen LogP contribution >= 0.6 is 22.6 Å². The molecule has 1 radical (unpaired) electrons. The van der Waals surface area contributed by atoms with Gasteiger partial charge < -0.3 is 9.90 Å². The van der Waals surface area contributed by atoms with Crippen LogP contribution in [0.15, 0.2) is 0 Å². The van der Waals surface area contributed by atoms with Gasteiger partial charge in [0.15, 0.2) is 0 Å². The van der Waals surface area contributed by atoms with E-state index in [1.165, 1.54) is 0 Å². The molecular weight excluding hydrogens is 467 g/mol. The quantitative estimate of drug-likeness (QED) is 0.362. The van der Waals surface area contributed by atoms with Gasteiger partial charge in [0.25, 0.3) is 0 Å². The van der Waals surface area contributed by atoms with E-state index in [1.54, 1.807) is 0 Å². The maximum absolute atomic E-state index is 12.1. The minimum atomic E-state index is -7.20. The fourth-order valence-electron chi connectivity index (χ4n) is 0.503. The average Bonchev–Trinajstić information content (AvgIpc) is 2.18. The third kappa shape index (κ3) is 4.33. The number of carboxylic acid groups (broad SMARTS) is 1. The Labute approximate surface area is 126 Å². The first-order valence-electron chi connectivity index (χ1n) is 3.38. The van der Waals surface area contributed by atoms with Crippen LogP contribution in [0.4, 0.5) is 39.5 Å². The van der Waals surface area contributed by atoms with Gasteiger partial charge in [-0.1, -0.05) is 22.6 Å². The molecule has 0 saturated heterocycles. The van der Waals surface area contributed by atoms with Gasteiger partial charge in [-0.3, -0.25) is 0 Å². The second kappa shape index (κ2) is 7.27. The number of carbonyl (C=O) groups excluding carboxylic acids is 1. The minimum Gasteiger partial charge on any atom is -0.544 e. The van der Waals surface area contributed by atoms with Crippen LogP contribution < -0.4 is 5.11 Å². The normalized spacial score (nSPS) is 13.0. The topological polar surface area (TPSA) is 40.1 Å².